The third-order valence-electron chi connectivity index (χ3n) is 2.96. The lowest BCUT2D eigenvalue weighted by molar-refractivity contribution is -0.126. The summed E-state index contributed by atoms with van der Waals surface area (Å²) in [4.78, 5) is 18.8. The first-order valence-corrected chi connectivity index (χ1v) is 5.62. The lowest BCUT2D eigenvalue weighted by atomic mass is 9.89. The number of aromatic amines is 1. The number of aromatic nitrogens is 2. The summed E-state index contributed by atoms with van der Waals surface area (Å²) < 4.78 is 0. The van der Waals surface area contributed by atoms with Gasteiger partial charge in [-0.25, -0.2) is 4.98 Å². The standard InChI is InChI=1S/C11H17N3O/c15-11(9-4-2-1-3-5-9)14-8-10-12-6-7-13-10/h6-7,9H,1-5,8H2,(H,12,13)(H,14,15). The molecule has 2 N–H and O–H groups in total. The number of hydrogen-bond donors (Lipinski definition) is 2. The Labute approximate surface area is 89.5 Å². The molecule has 1 amide bonds. The van der Waals surface area contributed by atoms with Crippen LogP contribution in [0.5, 0.6) is 0 Å². The maximum absolute atomic E-state index is 11.7. The van der Waals surface area contributed by atoms with E-state index in [0.29, 0.717) is 6.54 Å². The highest BCUT2D eigenvalue weighted by Crippen LogP contribution is 2.23. The quantitative estimate of drug-likeness (QED) is 0.791. The minimum atomic E-state index is 0.186. The summed E-state index contributed by atoms with van der Waals surface area (Å²) in [6, 6.07) is 0. The Morgan fingerprint density at radius 2 is 2.27 bits per heavy atom. The number of amides is 1. The van der Waals surface area contributed by atoms with E-state index in [1.165, 1.54) is 19.3 Å². The van der Waals surface area contributed by atoms with Gasteiger partial charge in [0.1, 0.15) is 5.82 Å². The molecule has 1 aliphatic rings. The largest absolute Gasteiger partial charge is 0.349 e. The van der Waals surface area contributed by atoms with Crippen LogP contribution in [0.15, 0.2) is 12.4 Å². The highest BCUT2D eigenvalue weighted by molar-refractivity contribution is 5.78. The number of nitrogens with zero attached hydrogens (tertiary/aromatic N) is 1. The summed E-state index contributed by atoms with van der Waals surface area (Å²) in [6.07, 6.45) is 9.22. The molecule has 0 saturated heterocycles. The van der Waals surface area contributed by atoms with Crippen molar-refractivity contribution in [1.82, 2.24) is 15.3 Å². The predicted molar refractivity (Wildman–Crippen MR) is 57.0 cm³/mol. The number of carbonyl (C=O) groups excluding carboxylic acids is 1. The summed E-state index contributed by atoms with van der Waals surface area (Å²) in [5.74, 6) is 1.24. The Hall–Kier alpha value is -1.32. The van der Waals surface area contributed by atoms with Crippen LogP contribution in [0.3, 0.4) is 0 Å². The Morgan fingerprint density at radius 3 is 2.93 bits per heavy atom. The van der Waals surface area contributed by atoms with Crippen molar-refractivity contribution in [1.29, 1.82) is 0 Å². The molecule has 1 aromatic heterocycles. The molecule has 4 nitrogen and oxygen atoms in total. The zero-order valence-corrected chi connectivity index (χ0v) is 8.83. The van der Waals surface area contributed by atoms with Crippen LogP contribution in [-0.2, 0) is 11.3 Å². The molecule has 1 aromatic rings. The van der Waals surface area contributed by atoms with Crippen LogP contribution in [0.25, 0.3) is 0 Å². The number of hydrogen-bond acceptors (Lipinski definition) is 2. The fraction of sp³-hybridized carbons (Fsp3) is 0.636. The monoisotopic (exact) mass is 207 g/mol. The second-order valence-corrected chi connectivity index (χ2v) is 4.09. The van der Waals surface area contributed by atoms with Crippen molar-refractivity contribution in [3.8, 4) is 0 Å². The molecular weight excluding hydrogens is 190 g/mol. The molecule has 4 heteroatoms. The van der Waals surface area contributed by atoms with E-state index >= 15 is 0 Å². The minimum Gasteiger partial charge on any atom is -0.349 e. The van der Waals surface area contributed by atoms with Crippen LogP contribution >= 0.6 is 0 Å². The van der Waals surface area contributed by atoms with E-state index in [2.05, 4.69) is 15.3 Å². The van der Waals surface area contributed by atoms with Crippen molar-refractivity contribution in [2.45, 2.75) is 38.6 Å². The number of rotatable bonds is 3. The van der Waals surface area contributed by atoms with Crippen molar-refractivity contribution in [3.63, 3.8) is 0 Å². The van der Waals surface area contributed by atoms with Gasteiger partial charge in [-0.3, -0.25) is 4.79 Å². The van der Waals surface area contributed by atoms with Crippen molar-refractivity contribution in [2.75, 3.05) is 0 Å². The van der Waals surface area contributed by atoms with Gasteiger partial charge in [-0.15, -0.1) is 0 Å². The van der Waals surface area contributed by atoms with Gasteiger partial charge in [0.25, 0.3) is 0 Å². The van der Waals surface area contributed by atoms with Crippen molar-refractivity contribution in [3.05, 3.63) is 18.2 Å². The molecule has 0 aliphatic heterocycles. The summed E-state index contributed by atoms with van der Waals surface area (Å²) in [7, 11) is 0. The smallest absolute Gasteiger partial charge is 0.223 e. The molecule has 1 saturated carbocycles. The molecule has 0 aromatic carbocycles. The van der Waals surface area contributed by atoms with Gasteiger partial charge in [0, 0.05) is 18.3 Å². The molecule has 1 heterocycles. The van der Waals surface area contributed by atoms with Gasteiger partial charge in [0.05, 0.1) is 6.54 Å². The van der Waals surface area contributed by atoms with E-state index in [-0.39, 0.29) is 11.8 Å². The van der Waals surface area contributed by atoms with Gasteiger partial charge in [-0.1, -0.05) is 19.3 Å². The molecule has 82 valence electrons. The summed E-state index contributed by atoms with van der Waals surface area (Å²) in [5.41, 5.74) is 0. The van der Waals surface area contributed by atoms with Gasteiger partial charge in [-0.2, -0.15) is 0 Å². The zero-order valence-electron chi connectivity index (χ0n) is 8.83. The number of imidazole rings is 1. The van der Waals surface area contributed by atoms with Gasteiger partial charge in [0.2, 0.25) is 5.91 Å². The fourth-order valence-electron chi connectivity index (χ4n) is 2.07. The summed E-state index contributed by atoms with van der Waals surface area (Å²) in [5, 5.41) is 2.92. The second-order valence-electron chi connectivity index (χ2n) is 4.09. The van der Waals surface area contributed by atoms with Crippen LogP contribution in [0, 0.1) is 5.92 Å². The van der Waals surface area contributed by atoms with Crippen LogP contribution < -0.4 is 5.32 Å². The van der Waals surface area contributed by atoms with E-state index < -0.39 is 0 Å². The van der Waals surface area contributed by atoms with E-state index in [4.69, 9.17) is 0 Å². The SMILES string of the molecule is O=C(NCc1ncc[nH]1)C1CCCCC1. The van der Waals surface area contributed by atoms with E-state index in [1.54, 1.807) is 12.4 Å². The topological polar surface area (TPSA) is 57.8 Å². The lowest BCUT2D eigenvalue weighted by Gasteiger charge is -2.20. The predicted octanol–water partition coefficient (Wildman–Crippen LogP) is 1.61. The molecule has 0 unspecified atom stereocenters. The van der Waals surface area contributed by atoms with E-state index in [0.717, 1.165) is 18.7 Å². The molecule has 0 spiro atoms. The van der Waals surface area contributed by atoms with Gasteiger partial charge in [-0.05, 0) is 12.8 Å². The molecule has 0 bridgehead atoms. The van der Waals surface area contributed by atoms with Crippen molar-refractivity contribution < 1.29 is 4.79 Å². The van der Waals surface area contributed by atoms with Gasteiger partial charge in [0.15, 0.2) is 0 Å². The minimum absolute atomic E-state index is 0.186. The number of H-pyrrole nitrogens is 1. The average Bonchev–Trinajstić information content (AvgIpc) is 2.80. The van der Waals surface area contributed by atoms with Gasteiger partial charge >= 0.3 is 0 Å². The second kappa shape index (κ2) is 4.96. The third kappa shape index (κ3) is 2.81. The van der Waals surface area contributed by atoms with Crippen molar-refractivity contribution in [2.24, 2.45) is 5.92 Å². The van der Waals surface area contributed by atoms with Gasteiger partial charge < -0.3 is 10.3 Å². The van der Waals surface area contributed by atoms with Crippen LogP contribution in [0.1, 0.15) is 37.9 Å². The first kappa shape index (κ1) is 10.2. The maximum atomic E-state index is 11.7. The summed E-state index contributed by atoms with van der Waals surface area (Å²) >= 11 is 0. The Bertz CT molecular complexity index is 302. The molecule has 0 atom stereocenters. The Kier molecular flexibility index (Phi) is 3.37. The molecule has 15 heavy (non-hydrogen) atoms. The Balaban J connectivity index is 1.76. The normalized spacial score (nSPS) is 17.6. The first-order valence-electron chi connectivity index (χ1n) is 5.62. The van der Waals surface area contributed by atoms with Crippen LogP contribution in [0.2, 0.25) is 0 Å². The third-order valence-corrected chi connectivity index (χ3v) is 2.96. The molecular formula is C11H17N3O. The summed E-state index contributed by atoms with van der Waals surface area (Å²) in [6.45, 7) is 0.516. The van der Waals surface area contributed by atoms with Crippen molar-refractivity contribution >= 4 is 5.91 Å². The molecule has 2 rings (SSSR count). The van der Waals surface area contributed by atoms with Crippen LogP contribution in [0.4, 0.5) is 0 Å². The average molecular weight is 207 g/mol. The maximum Gasteiger partial charge on any atom is 0.223 e. The Morgan fingerprint density at radius 1 is 1.47 bits per heavy atom. The highest BCUT2D eigenvalue weighted by atomic mass is 16.1. The fourth-order valence-corrected chi connectivity index (χ4v) is 2.07. The number of carbonyl (C=O) groups is 1. The van der Waals surface area contributed by atoms with E-state index in [9.17, 15) is 4.79 Å². The zero-order chi connectivity index (χ0) is 10.5. The first-order chi connectivity index (χ1) is 7.36. The molecule has 0 radical (unpaired) electrons. The lowest BCUT2D eigenvalue weighted by Crippen LogP contribution is -2.31. The number of nitrogens with one attached hydrogen (secondary N) is 2. The van der Waals surface area contributed by atoms with E-state index in [1.807, 2.05) is 0 Å². The molecule has 1 fully saturated rings. The highest BCUT2D eigenvalue weighted by Gasteiger charge is 2.20. The van der Waals surface area contributed by atoms with Crippen LogP contribution in [-0.4, -0.2) is 15.9 Å². The molecule has 1 aliphatic carbocycles.